The van der Waals surface area contributed by atoms with Crippen LogP contribution in [0.4, 0.5) is 13.2 Å². The molecule has 3 nitrogen and oxygen atoms in total. The molecule has 0 radical (unpaired) electrons. The van der Waals surface area contributed by atoms with Crippen molar-refractivity contribution in [3.05, 3.63) is 53.6 Å². The van der Waals surface area contributed by atoms with Gasteiger partial charge in [-0.05, 0) is 23.8 Å². The molecule has 1 aromatic carbocycles. The topological polar surface area (TPSA) is 29.9 Å². The van der Waals surface area contributed by atoms with E-state index in [1.807, 2.05) is 0 Å². The van der Waals surface area contributed by atoms with Gasteiger partial charge in [0.25, 0.3) is 6.43 Å². The van der Waals surface area contributed by atoms with Gasteiger partial charge in [-0.3, -0.25) is 4.68 Å². The molecule has 0 aliphatic heterocycles. The molecule has 0 atom stereocenters. The Morgan fingerprint density at radius 2 is 1.84 bits per heavy atom. The van der Waals surface area contributed by atoms with E-state index in [9.17, 15) is 13.2 Å². The molecule has 0 amide bonds. The molecular formula is C13H14F3N3. The lowest BCUT2D eigenvalue weighted by Gasteiger charge is -2.03. The SMILES string of the molecule is Fc1ccc(CNCc2ccn(CC(F)F)n2)cc1. The highest BCUT2D eigenvalue weighted by atomic mass is 19.3. The van der Waals surface area contributed by atoms with Crippen LogP contribution >= 0.6 is 0 Å². The Labute approximate surface area is 109 Å². The van der Waals surface area contributed by atoms with Crippen molar-refractivity contribution in [2.45, 2.75) is 26.1 Å². The van der Waals surface area contributed by atoms with Crippen molar-refractivity contribution in [3.8, 4) is 0 Å². The molecule has 0 spiro atoms. The maximum Gasteiger partial charge on any atom is 0.257 e. The lowest BCUT2D eigenvalue weighted by molar-refractivity contribution is 0.121. The normalized spacial score (nSPS) is 11.2. The summed E-state index contributed by atoms with van der Waals surface area (Å²) in [6, 6.07) is 7.87. The molecule has 2 aromatic rings. The van der Waals surface area contributed by atoms with Gasteiger partial charge in [-0.15, -0.1) is 0 Å². The quantitative estimate of drug-likeness (QED) is 0.873. The van der Waals surface area contributed by atoms with Crippen LogP contribution in [-0.4, -0.2) is 16.2 Å². The van der Waals surface area contributed by atoms with E-state index in [1.54, 1.807) is 18.2 Å². The first kappa shape index (κ1) is 13.6. The van der Waals surface area contributed by atoms with Crippen LogP contribution in [0.5, 0.6) is 0 Å². The number of rotatable bonds is 6. The molecular weight excluding hydrogens is 255 g/mol. The first-order valence-corrected chi connectivity index (χ1v) is 5.89. The van der Waals surface area contributed by atoms with Crippen molar-refractivity contribution < 1.29 is 13.2 Å². The third-order valence-electron chi connectivity index (χ3n) is 2.57. The third-order valence-corrected chi connectivity index (χ3v) is 2.57. The standard InChI is InChI=1S/C13H14F3N3/c14-11-3-1-10(2-4-11)7-17-8-12-5-6-19(18-12)9-13(15)16/h1-6,13,17H,7-9H2. The zero-order chi connectivity index (χ0) is 13.7. The summed E-state index contributed by atoms with van der Waals surface area (Å²) in [6.07, 6.45) is -0.874. The van der Waals surface area contributed by atoms with Gasteiger partial charge in [0.15, 0.2) is 0 Å². The molecule has 19 heavy (non-hydrogen) atoms. The van der Waals surface area contributed by atoms with Crippen LogP contribution in [0.1, 0.15) is 11.3 Å². The summed E-state index contributed by atoms with van der Waals surface area (Å²) in [5, 5.41) is 7.13. The Kier molecular flexibility index (Phi) is 4.57. The number of nitrogens with zero attached hydrogens (tertiary/aromatic N) is 2. The predicted octanol–water partition coefficient (Wildman–Crippen LogP) is 2.58. The van der Waals surface area contributed by atoms with Gasteiger partial charge in [-0.2, -0.15) is 5.10 Å². The minimum Gasteiger partial charge on any atom is -0.307 e. The van der Waals surface area contributed by atoms with Crippen LogP contribution in [0.2, 0.25) is 0 Å². The van der Waals surface area contributed by atoms with Gasteiger partial charge < -0.3 is 5.32 Å². The molecule has 0 aliphatic carbocycles. The number of alkyl halides is 2. The molecule has 0 saturated heterocycles. The molecule has 0 unspecified atom stereocenters. The molecule has 1 N–H and O–H groups in total. The van der Waals surface area contributed by atoms with E-state index < -0.39 is 13.0 Å². The number of aromatic nitrogens is 2. The smallest absolute Gasteiger partial charge is 0.257 e. The second kappa shape index (κ2) is 6.38. The highest BCUT2D eigenvalue weighted by molar-refractivity contribution is 5.15. The maximum atomic E-state index is 12.7. The van der Waals surface area contributed by atoms with Gasteiger partial charge in [-0.25, -0.2) is 13.2 Å². The first-order valence-electron chi connectivity index (χ1n) is 5.89. The van der Waals surface area contributed by atoms with Gasteiger partial charge >= 0.3 is 0 Å². The Morgan fingerprint density at radius 1 is 1.11 bits per heavy atom. The average molecular weight is 269 g/mol. The van der Waals surface area contributed by atoms with Crippen LogP contribution < -0.4 is 5.32 Å². The van der Waals surface area contributed by atoms with E-state index in [4.69, 9.17) is 0 Å². The zero-order valence-corrected chi connectivity index (χ0v) is 10.2. The summed E-state index contributed by atoms with van der Waals surface area (Å²) in [4.78, 5) is 0. The number of hydrogen-bond donors (Lipinski definition) is 1. The fourth-order valence-corrected chi connectivity index (χ4v) is 1.68. The van der Waals surface area contributed by atoms with E-state index in [2.05, 4.69) is 10.4 Å². The summed E-state index contributed by atoms with van der Waals surface area (Å²) in [5.41, 5.74) is 1.65. The van der Waals surface area contributed by atoms with Crippen LogP contribution in [0.3, 0.4) is 0 Å². The van der Waals surface area contributed by atoms with Gasteiger partial charge in [0, 0.05) is 19.3 Å². The highest BCUT2D eigenvalue weighted by Crippen LogP contribution is 2.04. The second-order valence-electron chi connectivity index (χ2n) is 4.15. The molecule has 0 fully saturated rings. The van der Waals surface area contributed by atoms with Crippen molar-refractivity contribution in [1.82, 2.24) is 15.1 Å². The van der Waals surface area contributed by atoms with E-state index in [0.717, 1.165) is 5.56 Å². The van der Waals surface area contributed by atoms with Crippen molar-refractivity contribution in [2.24, 2.45) is 0 Å². The number of nitrogens with one attached hydrogen (secondary N) is 1. The second-order valence-corrected chi connectivity index (χ2v) is 4.15. The molecule has 1 heterocycles. The molecule has 2 rings (SSSR count). The van der Waals surface area contributed by atoms with Crippen molar-refractivity contribution in [1.29, 1.82) is 0 Å². The monoisotopic (exact) mass is 269 g/mol. The van der Waals surface area contributed by atoms with Gasteiger partial charge in [-0.1, -0.05) is 12.1 Å². The number of benzene rings is 1. The Hall–Kier alpha value is -1.82. The molecule has 0 saturated carbocycles. The largest absolute Gasteiger partial charge is 0.307 e. The van der Waals surface area contributed by atoms with Gasteiger partial charge in [0.2, 0.25) is 0 Å². The fourth-order valence-electron chi connectivity index (χ4n) is 1.68. The molecule has 1 aromatic heterocycles. The predicted molar refractivity (Wildman–Crippen MR) is 65.2 cm³/mol. The number of hydrogen-bond acceptors (Lipinski definition) is 2. The van der Waals surface area contributed by atoms with Crippen molar-refractivity contribution in [2.75, 3.05) is 0 Å². The maximum absolute atomic E-state index is 12.7. The third kappa shape index (κ3) is 4.40. The minimum atomic E-state index is -2.40. The highest BCUT2D eigenvalue weighted by Gasteiger charge is 2.05. The summed E-state index contributed by atoms with van der Waals surface area (Å²) >= 11 is 0. The lowest BCUT2D eigenvalue weighted by Crippen LogP contribution is -2.14. The van der Waals surface area contributed by atoms with Crippen LogP contribution in [-0.2, 0) is 19.6 Å². The summed E-state index contributed by atoms with van der Waals surface area (Å²) in [6.45, 7) is 0.660. The van der Waals surface area contributed by atoms with Gasteiger partial charge in [0.05, 0.1) is 5.69 Å². The molecule has 0 bridgehead atoms. The number of halogens is 3. The van der Waals surface area contributed by atoms with Crippen LogP contribution in [0, 0.1) is 5.82 Å². The van der Waals surface area contributed by atoms with Gasteiger partial charge in [0.1, 0.15) is 12.4 Å². The Bertz CT molecular complexity index is 508. The Balaban J connectivity index is 1.79. The Morgan fingerprint density at radius 3 is 2.53 bits per heavy atom. The average Bonchev–Trinajstić information content (AvgIpc) is 2.78. The van der Waals surface area contributed by atoms with E-state index in [-0.39, 0.29) is 5.82 Å². The van der Waals surface area contributed by atoms with E-state index >= 15 is 0 Å². The van der Waals surface area contributed by atoms with E-state index in [0.29, 0.717) is 18.8 Å². The lowest BCUT2D eigenvalue weighted by atomic mass is 10.2. The zero-order valence-electron chi connectivity index (χ0n) is 10.2. The first-order chi connectivity index (χ1) is 9.13. The van der Waals surface area contributed by atoms with Crippen LogP contribution in [0.25, 0.3) is 0 Å². The van der Waals surface area contributed by atoms with Crippen molar-refractivity contribution >= 4 is 0 Å². The molecule has 6 heteroatoms. The molecule has 0 aliphatic rings. The molecule has 102 valence electrons. The fraction of sp³-hybridized carbons (Fsp3) is 0.308. The summed E-state index contributed by atoms with van der Waals surface area (Å²) in [5.74, 6) is -0.269. The summed E-state index contributed by atoms with van der Waals surface area (Å²) < 4.78 is 38.2. The van der Waals surface area contributed by atoms with Crippen LogP contribution in [0.15, 0.2) is 36.5 Å². The van der Waals surface area contributed by atoms with E-state index in [1.165, 1.54) is 23.0 Å². The summed E-state index contributed by atoms with van der Waals surface area (Å²) in [7, 11) is 0. The minimum absolute atomic E-state index is 0.269. The van der Waals surface area contributed by atoms with Crippen molar-refractivity contribution in [3.63, 3.8) is 0 Å².